The number of rotatable bonds is 5. The molecule has 0 radical (unpaired) electrons. The average molecular weight is 314 g/mol. The van der Waals surface area contributed by atoms with Gasteiger partial charge in [0, 0.05) is 22.7 Å². The average Bonchev–Trinajstić information content (AvgIpc) is 2.55. The van der Waals surface area contributed by atoms with Crippen molar-refractivity contribution in [2.24, 2.45) is 0 Å². The molecule has 2 rings (SSSR count). The van der Waals surface area contributed by atoms with E-state index in [-0.39, 0.29) is 11.8 Å². The summed E-state index contributed by atoms with van der Waals surface area (Å²) >= 11 is 1.52. The molecule has 5 heteroatoms. The second-order valence-electron chi connectivity index (χ2n) is 4.59. The minimum atomic E-state index is -0.182. The Morgan fingerprint density at radius 1 is 1.05 bits per heavy atom. The molecule has 0 saturated carbocycles. The van der Waals surface area contributed by atoms with Gasteiger partial charge < -0.3 is 10.6 Å². The van der Waals surface area contributed by atoms with Gasteiger partial charge in [-0.3, -0.25) is 9.59 Å². The fourth-order valence-corrected chi connectivity index (χ4v) is 2.63. The molecule has 0 fully saturated rings. The van der Waals surface area contributed by atoms with Crippen molar-refractivity contribution in [1.29, 1.82) is 0 Å². The van der Waals surface area contributed by atoms with Crippen LogP contribution in [0.15, 0.2) is 53.4 Å². The summed E-state index contributed by atoms with van der Waals surface area (Å²) < 4.78 is 0. The molecule has 22 heavy (non-hydrogen) atoms. The van der Waals surface area contributed by atoms with Crippen LogP contribution in [0.1, 0.15) is 27.6 Å². The van der Waals surface area contributed by atoms with Gasteiger partial charge in [-0.1, -0.05) is 18.2 Å². The number of nitrogens with one attached hydrogen (secondary N) is 2. The molecule has 2 amide bonds. The highest BCUT2D eigenvalue weighted by Crippen LogP contribution is 2.21. The van der Waals surface area contributed by atoms with Gasteiger partial charge in [0.1, 0.15) is 0 Å². The van der Waals surface area contributed by atoms with E-state index in [0.29, 0.717) is 23.4 Å². The van der Waals surface area contributed by atoms with Crippen LogP contribution in [0.2, 0.25) is 0 Å². The number of anilines is 1. The maximum Gasteiger partial charge on any atom is 0.256 e. The van der Waals surface area contributed by atoms with E-state index in [2.05, 4.69) is 10.6 Å². The second kappa shape index (κ2) is 7.66. The quantitative estimate of drug-likeness (QED) is 0.832. The van der Waals surface area contributed by atoms with Gasteiger partial charge in [-0.2, -0.15) is 0 Å². The summed E-state index contributed by atoms with van der Waals surface area (Å²) in [6.45, 7) is 2.43. The molecule has 0 aliphatic heterocycles. The maximum atomic E-state index is 12.4. The Balaban J connectivity index is 2.18. The highest BCUT2D eigenvalue weighted by molar-refractivity contribution is 7.98. The summed E-state index contributed by atoms with van der Waals surface area (Å²) in [5.74, 6) is -0.332. The third-order valence-electron chi connectivity index (χ3n) is 3.07. The van der Waals surface area contributed by atoms with Crippen LogP contribution in [0, 0.1) is 0 Å². The first-order chi connectivity index (χ1) is 10.7. The zero-order valence-corrected chi connectivity index (χ0v) is 13.4. The normalized spacial score (nSPS) is 10.1. The lowest BCUT2D eigenvalue weighted by Crippen LogP contribution is -2.22. The Kier molecular flexibility index (Phi) is 5.61. The van der Waals surface area contributed by atoms with Gasteiger partial charge in [-0.25, -0.2) is 0 Å². The minimum Gasteiger partial charge on any atom is -0.352 e. The van der Waals surface area contributed by atoms with Crippen LogP contribution in [0.3, 0.4) is 0 Å². The maximum absolute atomic E-state index is 12.4. The molecular formula is C17H18N2O2S. The molecular weight excluding hydrogens is 296 g/mol. The number of thioether (sulfide) groups is 1. The molecule has 0 spiro atoms. The van der Waals surface area contributed by atoms with Crippen LogP contribution in [0.4, 0.5) is 5.69 Å². The SMILES string of the molecule is CCNC(=O)c1cccc(NC(=O)c2ccccc2SC)c1. The van der Waals surface area contributed by atoms with E-state index < -0.39 is 0 Å². The number of hydrogen-bond acceptors (Lipinski definition) is 3. The van der Waals surface area contributed by atoms with E-state index in [1.165, 1.54) is 11.8 Å². The van der Waals surface area contributed by atoms with Crippen molar-refractivity contribution < 1.29 is 9.59 Å². The summed E-state index contributed by atoms with van der Waals surface area (Å²) in [5, 5.41) is 5.58. The van der Waals surface area contributed by atoms with Crippen molar-refractivity contribution in [3.8, 4) is 0 Å². The topological polar surface area (TPSA) is 58.2 Å². The lowest BCUT2D eigenvalue weighted by Gasteiger charge is -2.09. The first-order valence-corrected chi connectivity index (χ1v) is 8.20. The number of amides is 2. The van der Waals surface area contributed by atoms with Crippen molar-refractivity contribution >= 4 is 29.3 Å². The molecule has 0 saturated heterocycles. The van der Waals surface area contributed by atoms with Gasteiger partial charge in [-0.15, -0.1) is 11.8 Å². The zero-order chi connectivity index (χ0) is 15.9. The molecule has 2 N–H and O–H groups in total. The number of hydrogen-bond donors (Lipinski definition) is 2. The van der Waals surface area contributed by atoms with E-state index in [1.807, 2.05) is 31.4 Å². The van der Waals surface area contributed by atoms with Crippen molar-refractivity contribution in [3.05, 3.63) is 59.7 Å². The summed E-state index contributed by atoms with van der Waals surface area (Å²) in [6, 6.07) is 14.3. The molecule has 4 nitrogen and oxygen atoms in total. The Bertz CT molecular complexity index is 686. The summed E-state index contributed by atoms with van der Waals surface area (Å²) in [5.41, 5.74) is 1.75. The molecule has 2 aromatic rings. The number of benzene rings is 2. The fourth-order valence-electron chi connectivity index (χ4n) is 2.03. The van der Waals surface area contributed by atoms with Crippen molar-refractivity contribution in [2.75, 3.05) is 18.1 Å². The lowest BCUT2D eigenvalue weighted by atomic mass is 10.1. The molecule has 0 heterocycles. The van der Waals surface area contributed by atoms with Crippen LogP contribution in [0.5, 0.6) is 0 Å². The first kappa shape index (κ1) is 16.1. The zero-order valence-electron chi connectivity index (χ0n) is 12.6. The van der Waals surface area contributed by atoms with Crippen molar-refractivity contribution in [3.63, 3.8) is 0 Å². The predicted molar refractivity (Wildman–Crippen MR) is 90.6 cm³/mol. The molecule has 0 aromatic heterocycles. The Morgan fingerprint density at radius 3 is 2.55 bits per heavy atom. The summed E-state index contributed by atoms with van der Waals surface area (Å²) in [7, 11) is 0. The fraction of sp³-hybridized carbons (Fsp3) is 0.176. The third-order valence-corrected chi connectivity index (χ3v) is 3.87. The third kappa shape index (κ3) is 3.89. The van der Waals surface area contributed by atoms with Crippen LogP contribution in [-0.2, 0) is 0 Å². The Morgan fingerprint density at radius 2 is 1.82 bits per heavy atom. The van der Waals surface area contributed by atoms with E-state index in [1.54, 1.807) is 30.3 Å². The van der Waals surface area contributed by atoms with Gasteiger partial charge in [0.2, 0.25) is 0 Å². The van der Waals surface area contributed by atoms with Crippen LogP contribution in [-0.4, -0.2) is 24.6 Å². The van der Waals surface area contributed by atoms with Crippen LogP contribution >= 0.6 is 11.8 Å². The van der Waals surface area contributed by atoms with E-state index in [4.69, 9.17) is 0 Å². The van der Waals surface area contributed by atoms with E-state index in [0.717, 1.165) is 4.90 Å². The number of carbonyl (C=O) groups excluding carboxylic acids is 2. The summed E-state index contributed by atoms with van der Waals surface area (Å²) in [6.07, 6.45) is 1.93. The van der Waals surface area contributed by atoms with E-state index in [9.17, 15) is 9.59 Å². The molecule has 0 aliphatic rings. The Labute approximate surface area is 134 Å². The monoisotopic (exact) mass is 314 g/mol. The molecule has 0 aliphatic carbocycles. The molecule has 0 atom stereocenters. The molecule has 2 aromatic carbocycles. The highest BCUT2D eigenvalue weighted by Gasteiger charge is 2.11. The van der Waals surface area contributed by atoms with Crippen molar-refractivity contribution in [2.45, 2.75) is 11.8 Å². The van der Waals surface area contributed by atoms with Gasteiger partial charge >= 0.3 is 0 Å². The van der Waals surface area contributed by atoms with Crippen molar-refractivity contribution in [1.82, 2.24) is 5.32 Å². The standard InChI is InChI=1S/C17H18N2O2S/c1-3-18-16(20)12-7-6-8-13(11-12)19-17(21)14-9-4-5-10-15(14)22-2/h4-11H,3H2,1-2H3,(H,18,20)(H,19,21). The smallest absolute Gasteiger partial charge is 0.256 e. The minimum absolute atomic E-state index is 0.150. The Hall–Kier alpha value is -2.27. The van der Waals surface area contributed by atoms with Crippen LogP contribution < -0.4 is 10.6 Å². The number of carbonyl (C=O) groups is 2. The lowest BCUT2D eigenvalue weighted by molar-refractivity contribution is 0.0954. The molecule has 0 unspecified atom stereocenters. The summed E-state index contributed by atoms with van der Waals surface area (Å²) in [4.78, 5) is 25.1. The molecule has 0 bridgehead atoms. The largest absolute Gasteiger partial charge is 0.352 e. The van der Waals surface area contributed by atoms with Gasteiger partial charge in [0.25, 0.3) is 11.8 Å². The second-order valence-corrected chi connectivity index (χ2v) is 5.44. The first-order valence-electron chi connectivity index (χ1n) is 6.98. The molecule has 114 valence electrons. The van der Waals surface area contributed by atoms with Crippen LogP contribution in [0.25, 0.3) is 0 Å². The van der Waals surface area contributed by atoms with Gasteiger partial charge in [-0.05, 0) is 43.5 Å². The van der Waals surface area contributed by atoms with Gasteiger partial charge in [0.15, 0.2) is 0 Å². The predicted octanol–water partition coefficient (Wildman–Crippen LogP) is 3.41. The van der Waals surface area contributed by atoms with Gasteiger partial charge in [0.05, 0.1) is 5.56 Å². The van der Waals surface area contributed by atoms with E-state index >= 15 is 0 Å². The highest BCUT2D eigenvalue weighted by atomic mass is 32.2.